The molecule has 0 spiro atoms. The average Bonchev–Trinajstić information content (AvgIpc) is 2.63. The highest BCUT2D eigenvalue weighted by Gasteiger charge is 2.32. The Morgan fingerprint density at radius 3 is 2.65 bits per heavy atom. The SMILES string of the molecule is CC=CNCc1ccc(Oc2cnc(C(F)(F)F)cn2)c2ncccc12. The van der Waals surface area contributed by atoms with Gasteiger partial charge >= 0.3 is 6.18 Å². The van der Waals surface area contributed by atoms with Crippen molar-refractivity contribution in [1.82, 2.24) is 20.3 Å². The molecule has 0 saturated carbocycles. The molecule has 8 heteroatoms. The number of hydrogen-bond acceptors (Lipinski definition) is 5. The molecular weight excluding hydrogens is 345 g/mol. The Labute approximate surface area is 147 Å². The van der Waals surface area contributed by atoms with E-state index in [0.717, 1.165) is 17.1 Å². The third-order valence-electron chi connectivity index (χ3n) is 3.53. The van der Waals surface area contributed by atoms with Crippen molar-refractivity contribution in [2.75, 3.05) is 0 Å². The zero-order valence-electron chi connectivity index (χ0n) is 13.8. The van der Waals surface area contributed by atoms with Crippen molar-refractivity contribution in [2.45, 2.75) is 19.6 Å². The van der Waals surface area contributed by atoms with Crippen LogP contribution in [0.15, 0.2) is 55.1 Å². The minimum absolute atomic E-state index is 0.0373. The number of aromatic nitrogens is 3. The van der Waals surface area contributed by atoms with Crippen molar-refractivity contribution in [2.24, 2.45) is 0 Å². The lowest BCUT2D eigenvalue weighted by molar-refractivity contribution is -0.141. The lowest BCUT2D eigenvalue weighted by atomic mass is 10.1. The second-order valence-corrected chi connectivity index (χ2v) is 5.34. The monoisotopic (exact) mass is 360 g/mol. The third kappa shape index (κ3) is 3.90. The molecule has 0 aliphatic heterocycles. The number of rotatable bonds is 5. The van der Waals surface area contributed by atoms with Crippen molar-refractivity contribution in [3.63, 3.8) is 0 Å². The first-order chi connectivity index (χ1) is 12.5. The number of fused-ring (bicyclic) bond motifs is 1. The quantitative estimate of drug-likeness (QED) is 0.728. The number of alkyl halides is 3. The predicted octanol–water partition coefficient (Wildman–Crippen LogP) is 4.46. The molecule has 0 fully saturated rings. The van der Waals surface area contributed by atoms with Gasteiger partial charge in [-0.2, -0.15) is 13.2 Å². The largest absolute Gasteiger partial charge is 0.435 e. The summed E-state index contributed by atoms with van der Waals surface area (Å²) in [6.45, 7) is 2.52. The second kappa shape index (κ2) is 7.38. The lowest BCUT2D eigenvalue weighted by Crippen LogP contribution is -2.08. The molecule has 0 saturated heterocycles. The summed E-state index contributed by atoms with van der Waals surface area (Å²) in [6, 6.07) is 7.29. The molecule has 5 nitrogen and oxygen atoms in total. The number of hydrogen-bond donors (Lipinski definition) is 1. The topological polar surface area (TPSA) is 59.9 Å². The highest BCUT2D eigenvalue weighted by atomic mass is 19.4. The Hall–Kier alpha value is -3.16. The molecule has 1 N–H and O–H groups in total. The first kappa shape index (κ1) is 17.7. The summed E-state index contributed by atoms with van der Waals surface area (Å²) in [5.41, 5.74) is 0.532. The van der Waals surface area contributed by atoms with Crippen molar-refractivity contribution >= 4 is 10.9 Å². The number of allylic oxidation sites excluding steroid dienone is 1. The van der Waals surface area contributed by atoms with Gasteiger partial charge in [0, 0.05) is 18.1 Å². The molecule has 3 rings (SSSR count). The second-order valence-electron chi connectivity index (χ2n) is 5.34. The number of pyridine rings is 1. The van der Waals surface area contributed by atoms with E-state index in [9.17, 15) is 13.2 Å². The number of halogens is 3. The van der Waals surface area contributed by atoms with E-state index in [1.807, 2.05) is 37.4 Å². The fourth-order valence-corrected chi connectivity index (χ4v) is 2.36. The molecule has 2 aromatic heterocycles. The van der Waals surface area contributed by atoms with E-state index in [1.54, 1.807) is 12.3 Å². The summed E-state index contributed by atoms with van der Waals surface area (Å²) < 4.78 is 43.3. The summed E-state index contributed by atoms with van der Waals surface area (Å²) in [5, 5.41) is 4.03. The van der Waals surface area contributed by atoms with Gasteiger partial charge in [-0.25, -0.2) is 9.97 Å². The zero-order valence-corrected chi connectivity index (χ0v) is 13.8. The Bertz CT molecular complexity index is 924. The zero-order chi connectivity index (χ0) is 18.6. The van der Waals surface area contributed by atoms with Crippen molar-refractivity contribution in [3.05, 3.63) is 66.4 Å². The minimum atomic E-state index is -4.54. The Morgan fingerprint density at radius 1 is 1.12 bits per heavy atom. The smallest absolute Gasteiger partial charge is 0.434 e. The minimum Gasteiger partial charge on any atom is -0.435 e. The van der Waals surface area contributed by atoms with Crippen molar-refractivity contribution < 1.29 is 17.9 Å². The third-order valence-corrected chi connectivity index (χ3v) is 3.53. The van der Waals surface area contributed by atoms with E-state index < -0.39 is 11.9 Å². The maximum Gasteiger partial charge on any atom is 0.434 e. The standard InChI is InChI=1S/C18H15F3N4O/c1-2-7-22-9-12-5-6-14(17-13(12)4-3-8-23-17)26-16-11-24-15(10-25-16)18(19,20)21/h2-8,10-11,22H,9H2,1H3. The maximum atomic E-state index is 12.6. The number of ether oxygens (including phenoxy) is 1. The Kier molecular flexibility index (Phi) is 5.01. The van der Waals surface area contributed by atoms with Gasteiger partial charge in [-0.1, -0.05) is 18.2 Å². The van der Waals surface area contributed by atoms with Gasteiger partial charge in [-0.05, 0) is 30.8 Å². The van der Waals surface area contributed by atoms with Crippen LogP contribution in [-0.4, -0.2) is 15.0 Å². The molecule has 0 bridgehead atoms. The van der Waals surface area contributed by atoms with Gasteiger partial charge in [-0.3, -0.25) is 4.98 Å². The lowest BCUT2D eigenvalue weighted by Gasteiger charge is -2.11. The molecule has 134 valence electrons. The summed E-state index contributed by atoms with van der Waals surface area (Å²) in [7, 11) is 0. The van der Waals surface area contributed by atoms with E-state index in [0.29, 0.717) is 24.0 Å². The van der Waals surface area contributed by atoms with Crippen LogP contribution in [0.2, 0.25) is 0 Å². The average molecular weight is 360 g/mol. The summed E-state index contributed by atoms with van der Waals surface area (Å²) in [6.07, 6.45) is 2.39. The molecule has 0 atom stereocenters. The molecular formula is C18H15F3N4O. The van der Waals surface area contributed by atoms with Gasteiger partial charge in [0.1, 0.15) is 5.52 Å². The molecule has 26 heavy (non-hydrogen) atoms. The van der Waals surface area contributed by atoms with Crippen LogP contribution < -0.4 is 10.1 Å². The highest BCUT2D eigenvalue weighted by Crippen LogP contribution is 2.31. The first-order valence-corrected chi connectivity index (χ1v) is 7.77. The highest BCUT2D eigenvalue weighted by molar-refractivity contribution is 5.87. The Balaban J connectivity index is 1.90. The fraction of sp³-hybridized carbons (Fsp3) is 0.167. The van der Waals surface area contributed by atoms with Crippen LogP contribution in [0.5, 0.6) is 11.6 Å². The summed E-state index contributed by atoms with van der Waals surface area (Å²) in [4.78, 5) is 11.3. The molecule has 0 radical (unpaired) electrons. The Morgan fingerprint density at radius 2 is 1.96 bits per heavy atom. The van der Waals surface area contributed by atoms with Gasteiger partial charge in [0.15, 0.2) is 11.4 Å². The molecule has 0 amide bonds. The van der Waals surface area contributed by atoms with Crippen LogP contribution in [0.4, 0.5) is 13.2 Å². The fourth-order valence-electron chi connectivity index (χ4n) is 2.36. The van der Waals surface area contributed by atoms with E-state index in [-0.39, 0.29) is 5.88 Å². The maximum absolute atomic E-state index is 12.6. The van der Waals surface area contributed by atoms with Crippen LogP contribution in [0.25, 0.3) is 10.9 Å². The summed E-state index contributed by atoms with van der Waals surface area (Å²) >= 11 is 0. The van der Waals surface area contributed by atoms with Gasteiger partial charge in [0.2, 0.25) is 5.88 Å². The van der Waals surface area contributed by atoms with Crippen molar-refractivity contribution in [1.29, 1.82) is 0 Å². The number of nitrogens with one attached hydrogen (secondary N) is 1. The van der Waals surface area contributed by atoms with Crippen LogP contribution >= 0.6 is 0 Å². The molecule has 0 aliphatic rings. The number of nitrogens with zero attached hydrogens (tertiary/aromatic N) is 3. The van der Waals surface area contributed by atoms with Gasteiger partial charge < -0.3 is 10.1 Å². The van der Waals surface area contributed by atoms with Gasteiger partial charge in [-0.15, -0.1) is 0 Å². The molecule has 0 unspecified atom stereocenters. The predicted molar refractivity (Wildman–Crippen MR) is 90.5 cm³/mol. The van der Waals surface area contributed by atoms with E-state index in [4.69, 9.17) is 4.74 Å². The van der Waals surface area contributed by atoms with Crippen LogP contribution in [0.1, 0.15) is 18.2 Å². The molecule has 3 aromatic rings. The van der Waals surface area contributed by atoms with E-state index in [1.165, 1.54) is 0 Å². The summed E-state index contributed by atoms with van der Waals surface area (Å²) in [5.74, 6) is 0.356. The van der Waals surface area contributed by atoms with Crippen LogP contribution in [0, 0.1) is 0 Å². The van der Waals surface area contributed by atoms with E-state index in [2.05, 4.69) is 20.3 Å². The number of benzene rings is 1. The van der Waals surface area contributed by atoms with Crippen LogP contribution in [-0.2, 0) is 12.7 Å². The van der Waals surface area contributed by atoms with Crippen LogP contribution in [0.3, 0.4) is 0 Å². The van der Waals surface area contributed by atoms with Crippen molar-refractivity contribution in [3.8, 4) is 11.6 Å². The molecule has 1 aromatic carbocycles. The molecule has 2 heterocycles. The van der Waals surface area contributed by atoms with Gasteiger partial charge in [0.25, 0.3) is 0 Å². The van der Waals surface area contributed by atoms with E-state index >= 15 is 0 Å². The first-order valence-electron chi connectivity index (χ1n) is 7.77. The van der Waals surface area contributed by atoms with Gasteiger partial charge in [0.05, 0.1) is 12.4 Å². The molecule has 0 aliphatic carbocycles. The normalized spacial score (nSPS) is 11.8.